The van der Waals surface area contributed by atoms with Gasteiger partial charge in [0.15, 0.2) is 0 Å². The molecule has 1 aliphatic heterocycles. The number of aryl methyl sites for hydroxylation is 1. The van der Waals surface area contributed by atoms with Crippen LogP contribution >= 0.6 is 0 Å². The van der Waals surface area contributed by atoms with Crippen molar-refractivity contribution in [3.63, 3.8) is 0 Å². The van der Waals surface area contributed by atoms with Crippen molar-refractivity contribution in [3.8, 4) is 5.75 Å². The number of benzene rings is 2. The largest absolute Gasteiger partial charge is 0.487 e. The van der Waals surface area contributed by atoms with Gasteiger partial charge in [0, 0.05) is 19.0 Å². The Kier molecular flexibility index (Phi) is 6.53. The second-order valence-corrected chi connectivity index (χ2v) is 9.97. The molecule has 6 nitrogen and oxygen atoms in total. The Balaban J connectivity index is 1.76. The van der Waals surface area contributed by atoms with Crippen molar-refractivity contribution in [3.05, 3.63) is 59.7 Å². The predicted molar refractivity (Wildman–Crippen MR) is 117 cm³/mol. The summed E-state index contributed by atoms with van der Waals surface area (Å²) in [5.74, 6) is 0.439. The van der Waals surface area contributed by atoms with E-state index in [0.717, 1.165) is 34.0 Å². The van der Waals surface area contributed by atoms with Gasteiger partial charge in [-0.05, 0) is 38.0 Å². The van der Waals surface area contributed by atoms with Crippen molar-refractivity contribution in [1.29, 1.82) is 0 Å². The molecule has 0 radical (unpaired) electrons. The molecule has 0 aromatic heterocycles. The minimum atomic E-state index is -3.74. The van der Waals surface area contributed by atoms with Crippen LogP contribution < -0.4 is 10.1 Å². The fraction of sp³-hybridized carbons (Fsp3) is 0.435. The molecule has 30 heavy (non-hydrogen) atoms. The highest BCUT2D eigenvalue weighted by molar-refractivity contribution is 7.89. The van der Waals surface area contributed by atoms with E-state index in [-0.39, 0.29) is 29.0 Å². The Hall–Kier alpha value is -2.38. The maximum atomic E-state index is 12.8. The van der Waals surface area contributed by atoms with Crippen LogP contribution in [0.4, 0.5) is 0 Å². The van der Waals surface area contributed by atoms with E-state index in [9.17, 15) is 13.2 Å². The molecule has 0 fully saturated rings. The maximum Gasteiger partial charge on any atom is 0.243 e. The van der Waals surface area contributed by atoms with Gasteiger partial charge < -0.3 is 10.1 Å². The van der Waals surface area contributed by atoms with E-state index in [2.05, 4.69) is 19.2 Å². The molecular formula is C23H30N2O4S. The zero-order valence-electron chi connectivity index (χ0n) is 18.0. The van der Waals surface area contributed by atoms with E-state index < -0.39 is 10.0 Å². The summed E-state index contributed by atoms with van der Waals surface area (Å²) >= 11 is 0. The van der Waals surface area contributed by atoms with Crippen LogP contribution in [0.3, 0.4) is 0 Å². The van der Waals surface area contributed by atoms with Crippen LogP contribution in [-0.4, -0.2) is 37.8 Å². The van der Waals surface area contributed by atoms with Crippen molar-refractivity contribution < 1.29 is 17.9 Å². The molecule has 7 heteroatoms. The molecule has 1 aliphatic rings. The third kappa shape index (κ3) is 4.52. The van der Waals surface area contributed by atoms with Crippen LogP contribution in [0.1, 0.15) is 50.3 Å². The van der Waals surface area contributed by atoms with Crippen molar-refractivity contribution in [2.24, 2.45) is 0 Å². The van der Waals surface area contributed by atoms with Gasteiger partial charge in [0.2, 0.25) is 15.9 Å². The minimum Gasteiger partial charge on any atom is -0.487 e. The fourth-order valence-corrected chi connectivity index (χ4v) is 4.97. The topological polar surface area (TPSA) is 75.7 Å². The Bertz CT molecular complexity index is 998. The van der Waals surface area contributed by atoms with Crippen molar-refractivity contribution >= 4 is 15.9 Å². The molecule has 0 saturated heterocycles. The minimum absolute atomic E-state index is 0.177. The molecule has 0 spiro atoms. The van der Waals surface area contributed by atoms with Crippen LogP contribution in [0.2, 0.25) is 0 Å². The molecule has 2 aromatic rings. The van der Waals surface area contributed by atoms with Crippen LogP contribution in [0.25, 0.3) is 0 Å². The summed E-state index contributed by atoms with van der Waals surface area (Å²) in [5.41, 5.74) is 1.56. The number of ether oxygens (including phenoxy) is 1. The first kappa shape index (κ1) is 22.3. The number of para-hydroxylation sites is 1. The Morgan fingerprint density at radius 3 is 2.40 bits per heavy atom. The standard InChI is InChI=1S/C23H30N2O4S/c1-5-23(6-2)15-20(19-9-7-8-10-21(19)29-23)24-22(26)16-25(4)30(27,28)18-13-11-17(3)12-14-18/h7-14,20H,5-6,15-16H2,1-4H3,(H,24,26)/t20-/m0/s1. The highest BCUT2D eigenvalue weighted by Gasteiger charge is 2.39. The average molecular weight is 431 g/mol. The number of likely N-dealkylation sites (N-methyl/N-ethyl adjacent to an activating group) is 1. The van der Waals surface area contributed by atoms with Crippen molar-refractivity contribution in [2.75, 3.05) is 13.6 Å². The molecule has 3 rings (SSSR count). The summed E-state index contributed by atoms with van der Waals surface area (Å²) < 4.78 is 32.9. The lowest BCUT2D eigenvalue weighted by Gasteiger charge is -2.41. The number of carbonyl (C=O) groups excluding carboxylic acids is 1. The van der Waals surface area contributed by atoms with Crippen molar-refractivity contribution in [2.45, 2.75) is 56.6 Å². The number of nitrogens with zero attached hydrogens (tertiary/aromatic N) is 1. The predicted octanol–water partition coefficient (Wildman–Crippen LogP) is 3.81. The van der Waals surface area contributed by atoms with Gasteiger partial charge in [0.1, 0.15) is 11.4 Å². The third-order valence-corrected chi connectivity index (χ3v) is 7.73. The smallest absolute Gasteiger partial charge is 0.243 e. The highest BCUT2D eigenvalue weighted by Crippen LogP contribution is 2.42. The van der Waals surface area contributed by atoms with Crippen LogP contribution in [0, 0.1) is 6.92 Å². The first-order valence-corrected chi connectivity index (χ1v) is 11.7. The molecule has 1 atom stereocenters. The summed E-state index contributed by atoms with van der Waals surface area (Å²) in [4.78, 5) is 13.0. The van der Waals surface area contributed by atoms with E-state index >= 15 is 0 Å². The number of carbonyl (C=O) groups is 1. The average Bonchev–Trinajstić information content (AvgIpc) is 2.73. The van der Waals surface area contributed by atoms with Gasteiger partial charge >= 0.3 is 0 Å². The van der Waals surface area contributed by atoms with E-state index in [4.69, 9.17) is 4.74 Å². The Morgan fingerprint density at radius 1 is 1.13 bits per heavy atom. The molecule has 0 unspecified atom stereocenters. The number of hydrogen-bond acceptors (Lipinski definition) is 4. The number of nitrogens with one attached hydrogen (secondary N) is 1. The third-order valence-electron chi connectivity index (χ3n) is 5.92. The normalized spacial score (nSPS) is 17.8. The van der Waals surface area contributed by atoms with E-state index in [0.29, 0.717) is 6.42 Å². The summed E-state index contributed by atoms with van der Waals surface area (Å²) in [5, 5.41) is 3.04. The van der Waals surface area contributed by atoms with Gasteiger partial charge in [-0.1, -0.05) is 49.7 Å². The molecule has 0 saturated carbocycles. The number of hydrogen-bond donors (Lipinski definition) is 1. The summed E-state index contributed by atoms with van der Waals surface area (Å²) in [6, 6.07) is 14.1. The lowest BCUT2D eigenvalue weighted by Crippen LogP contribution is -2.46. The summed E-state index contributed by atoms with van der Waals surface area (Å²) in [7, 11) is -2.31. The van der Waals surface area contributed by atoms with Gasteiger partial charge in [-0.15, -0.1) is 0 Å². The fourth-order valence-electron chi connectivity index (χ4n) is 3.85. The zero-order valence-corrected chi connectivity index (χ0v) is 18.8. The van der Waals surface area contributed by atoms with Gasteiger partial charge in [-0.3, -0.25) is 4.79 Å². The van der Waals surface area contributed by atoms with Gasteiger partial charge in [0.05, 0.1) is 17.5 Å². The van der Waals surface area contributed by atoms with Gasteiger partial charge in [-0.2, -0.15) is 4.31 Å². The zero-order chi connectivity index (χ0) is 21.9. The molecule has 0 aliphatic carbocycles. The summed E-state index contributed by atoms with van der Waals surface area (Å²) in [6.07, 6.45) is 2.30. The molecule has 162 valence electrons. The quantitative estimate of drug-likeness (QED) is 0.725. The summed E-state index contributed by atoms with van der Waals surface area (Å²) in [6.45, 7) is 5.81. The Morgan fingerprint density at radius 2 is 1.77 bits per heavy atom. The van der Waals surface area contributed by atoms with Crippen LogP contribution in [0.5, 0.6) is 5.75 Å². The SMILES string of the molecule is CCC1(CC)C[C@H](NC(=O)CN(C)S(=O)(=O)c2ccc(C)cc2)c2ccccc2O1. The molecule has 0 bridgehead atoms. The maximum absolute atomic E-state index is 12.8. The number of fused-ring (bicyclic) bond motifs is 1. The van der Waals surface area contributed by atoms with E-state index in [1.54, 1.807) is 24.3 Å². The molecule has 1 heterocycles. The van der Waals surface area contributed by atoms with Crippen molar-refractivity contribution in [1.82, 2.24) is 9.62 Å². The second-order valence-electron chi connectivity index (χ2n) is 7.93. The van der Waals surface area contributed by atoms with E-state index in [1.807, 2.05) is 31.2 Å². The van der Waals surface area contributed by atoms with Crippen LogP contribution in [-0.2, 0) is 14.8 Å². The highest BCUT2D eigenvalue weighted by atomic mass is 32.2. The lowest BCUT2D eigenvalue weighted by molar-refractivity contribution is -0.122. The Labute approximate surface area is 179 Å². The molecule has 1 amide bonds. The first-order chi connectivity index (χ1) is 14.2. The number of amides is 1. The second kappa shape index (κ2) is 8.78. The van der Waals surface area contributed by atoms with Crippen LogP contribution in [0.15, 0.2) is 53.4 Å². The number of rotatable bonds is 7. The van der Waals surface area contributed by atoms with Gasteiger partial charge in [-0.25, -0.2) is 8.42 Å². The van der Waals surface area contributed by atoms with E-state index in [1.165, 1.54) is 7.05 Å². The monoisotopic (exact) mass is 430 g/mol. The van der Waals surface area contributed by atoms with Gasteiger partial charge in [0.25, 0.3) is 0 Å². The first-order valence-electron chi connectivity index (χ1n) is 10.3. The number of sulfonamides is 1. The lowest BCUT2D eigenvalue weighted by atomic mass is 9.83. The molecule has 1 N–H and O–H groups in total. The molecular weight excluding hydrogens is 400 g/mol. The molecule has 2 aromatic carbocycles.